The smallest absolute Gasteiger partial charge is 0.222 e. The van der Waals surface area contributed by atoms with Gasteiger partial charge in [0.15, 0.2) is 5.78 Å². The number of Topliss-reactive ketones (excluding diaryl/α,β-unsaturated/α-hetero) is 1. The van der Waals surface area contributed by atoms with Crippen molar-refractivity contribution < 1.29 is 9.59 Å². The second-order valence-electron chi connectivity index (χ2n) is 5.39. The first-order valence-corrected chi connectivity index (χ1v) is 7.04. The van der Waals surface area contributed by atoms with Crippen LogP contribution in [-0.2, 0) is 4.79 Å². The van der Waals surface area contributed by atoms with Crippen LogP contribution in [0.25, 0.3) is 0 Å². The van der Waals surface area contributed by atoms with Crippen molar-refractivity contribution in [1.82, 2.24) is 16.2 Å². The number of fused-ring (bicyclic) bond motifs is 1. The minimum Gasteiger partial charge on any atom is -0.339 e. The molecule has 6 heteroatoms. The van der Waals surface area contributed by atoms with E-state index >= 15 is 0 Å². The average molecular weight is 294 g/mol. The Hall–Kier alpha value is -1.43. The number of carbonyl (C=O) groups excluding carboxylic acids is 2. The Morgan fingerprint density at radius 2 is 2.15 bits per heavy atom. The van der Waals surface area contributed by atoms with Crippen LogP contribution in [0.2, 0.25) is 5.02 Å². The minimum absolute atomic E-state index is 0.0188. The van der Waals surface area contributed by atoms with E-state index in [9.17, 15) is 9.59 Å². The molecule has 1 amide bonds. The second-order valence-corrected chi connectivity index (χ2v) is 5.82. The maximum absolute atomic E-state index is 12.7. The van der Waals surface area contributed by atoms with Crippen molar-refractivity contribution in [2.45, 2.75) is 25.6 Å². The lowest BCUT2D eigenvalue weighted by Gasteiger charge is -2.33. The van der Waals surface area contributed by atoms with E-state index in [1.807, 2.05) is 6.92 Å². The molecular weight excluding hydrogens is 278 g/mol. The van der Waals surface area contributed by atoms with Crippen molar-refractivity contribution >= 4 is 23.3 Å². The van der Waals surface area contributed by atoms with Crippen LogP contribution in [0.15, 0.2) is 24.3 Å². The molecule has 3 N–H and O–H groups in total. The van der Waals surface area contributed by atoms with Crippen LogP contribution < -0.4 is 16.2 Å². The lowest BCUT2D eigenvalue weighted by atomic mass is 9.76. The van der Waals surface area contributed by atoms with Crippen molar-refractivity contribution in [1.29, 1.82) is 0 Å². The number of amides is 1. The molecule has 0 bridgehead atoms. The van der Waals surface area contributed by atoms with Crippen molar-refractivity contribution in [2.75, 3.05) is 0 Å². The quantitative estimate of drug-likeness (QED) is 0.714. The normalized spacial score (nSPS) is 32.6. The molecule has 0 saturated carbocycles. The van der Waals surface area contributed by atoms with Crippen molar-refractivity contribution in [3.63, 3.8) is 0 Å². The summed E-state index contributed by atoms with van der Waals surface area (Å²) in [7, 11) is 0. The third-order valence-electron chi connectivity index (χ3n) is 4.06. The van der Waals surface area contributed by atoms with Crippen LogP contribution in [0.1, 0.15) is 23.7 Å². The third-order valence-corrected chi connectivity index (χ3v) is 4.30. The largest absolute Gasteiger partial charge is 0.339 e. The molecule has 2 heterocycles. The molecule has 5 nitrogen and oxygen atoms in total. The maximum Gasteiger partial charge on any atom is 0.222 e. The monoisotopic (exact) mass is 293 g/mol. The summed E-state index contributed by atoms with van der Waals surface area (Å²) in [5.41, 5.74) is 6.68. The maximum atomic E-state index is 12.7. The van der Waals surface area contributed by atoms with Gasteiger partial charge in [-0.2, -0.15) is 0 Å². The number of carbonyl (C=O) groups is 2. The Morgan fingerprint density at radius 1 is 1.35 bits per heavy atom. The summed E-state index contributed by atoms with van der Waals surface area (Å²) in [6, 6.07) is 7.01. The lowest BCUT2D eigenvalue weighted by molar-refractivity contribution is -0.125. The van der Waals surface area contributed by atoms with Crippen LogP contribution in [-0.4, -0.2) is 23.9 Å². The van der Waals surface area contributed by atoms with Crippen molar-refractivity contribution in [3.8, 4) is 0 Å². The Labute approximate surface area is 122 Å². The average Bonchev–Trinajstić information content (AvgIpc) is 2.78. The summed E-state index contributed by atoms with van der Waals surface area (Å²) in [4.78, 5) is 24.5. The zero-order valence-electron chi connectivity index (χ0n) is 11.0. The number of rotatable bonds is 2. The molecule has 106 valence electrons. The number of benzene rings is 1. The number of hydrazine groups is 1. The summed E-state index contributed by atoms with van der Waals surface area (Å²) in [5, 5.41) is 3.40. The van der Waals surface area contributed by atoms with Crippen LogP contribution in [0.3, 0.4) is 0 Å². The van der Waals surface area contributed by atoms with Gasteiger partial charge in [-0.05, 0) is 19.1 Å². The minimum atomic E-state index is -0.329. The van der Waals surface area contributed by atoms with Crippen LogP contribution in [0.4, 0.5) is 0 Å². The zero-order chi connectivity index (χ0) is 14.3. The van der Waals surface area contributed by atoms with Crippen molar-refractivity contribution in [3.05, 3.63) is 34.9 Å². The molecule has 1 aromatic carbocycles. The number of piperidine rings is 1. The first-order valence-electron chi connectivity index (χ1n) is 6.66. The first-order chi connectivity index (χ1) is 9.56. The predicted molar refractivity (Wildman–Crippen MR) is 75.0 cm³/mol. The SMILES string of the molecule is CC1NNC2NC(=O)CC(C(=O)c3cccc(Cl)c3)C12. The summed E-state index contributed by atoms with van der Waals surface area (Å²) in [6.07, 6.45) is 0.0274. The van der Waals surface area contributed by atoms with Gasteiger partial charge < -0.3 is 5.32 Å². The Bertz CT molecular complexity index is 563. The number of nitrogens with one attached hydrogen (secondary N) is 3. The Kier molecular flexibility index (Phi) is 3.50. The Morgan fingerprint density at radius 3 is 2.90 bits per heavy atom. The van der Waals surface area contributed by atoms with E-state index in [1.165, 1.54) is 0 Å². The molecule has 2 aliphatic rings. The van der Waals surface area contributed by atoms with Gasteiger partial charge >= 0.3 is 0 Å². The summed E-state index contributed by atoms with van der Waals surface area (Å²) in [5.74, 6) is -0.409. The van der Waals surface area contributed by atoms with E-state index in [1.54, 1.807) is 24.3 Å². The first kappa shape index (κ1) is 13.5. The fourth-order valence-electron chi connectivity index (χ4n) is 3.11. The topological polar surface area (TPSA) is 70.2 Å². The van der Waals surface area contributed by atoms with Gasteiger partial charge in [0.2, 0.25) is 5.91 Å². The summed E-state index contributed by atoms with van der Waals surface area (Å²) >= 11 is 5.94. The van der Waals surface area contributed by atoms with Gasteiger partial charge in [0.05, 0.1) is 6.17 Å². The molecule has 0 radical (unpaired) electrons. The molecular formula is C14H16ClN3O2. The van der Waals surface area contributed by atoms with E-state index in [4.69, 9.17) is 11.6 Å². The van der Waals surface area contributed by atoms with Crippen molar-refractivity contribution in [2.24, 2.45) is 11.8 Å². The predicted octanol–water partition coefficient (Wildman–Crippen LogP) is 1.10. The van der Waals surface area contributed by atoms with E-state index in [2.05, 4.69) is 16.2 Å². The van der Waals surface area contributed by atoms with Gasteiger partial charge in [-0.25, -0.2) is 5.43 Å². The molecule has 0 aliphatic carbocycles. The fourth-order valence-corrected chi connectivity index (χ4v) is 3.30. The molecule has 4 atom stereocenters. The highest BCUT2D eigenvalue weighted by atomic mass is 35.5. The van der Waals surface area contributed by atoms with Gasteiger partial charge in [-0.3, -0.25) is 15.0 Å². The van der Waals surface area contributed by atoms with E-state index in [0.717, 1.165) is 0 Å². The molecule has 2 aliphatic heterocycles. The molecule has 0 spiro atoms. The van der Waals surface area contributed by atoms with Crippen LogP contribution in [0.5, 0.6) is 0 Å². The lowest BCUT2D eigenvalue weighted by Crippen LogP contribution is -2.54. The summed E-state index contributed by atoms with van der Waals surface area (Å²) < 4.78 is 0. The molecule has 2 saturated heterocycles. The highest BCUT2D eigenvalue weighted by Gasteiger charge is 2.46. The molecule has 4 unspecified atom stereocenters. The molecule has 1 aromatic rings. The standard InChI is InChI=1S/C14H16ClN3O2/c1-7-12-10(6-11(19)16-14(12)18-17-7)13(20)8-3-2-4-9(15)5-8/h2-5,7,10,12,14,17-18H,6H2,1H3,(H,16,19). The number of hydrogen-bond donors (Lipinski definition) is 3. The number of hydrogen-bond acceptors (Lipinski definition) is 4. The van der Waals surface area contributed by atoms with Crippen LogP contribution in [0, 0.1) is 11.8 Å². The highest BCUT2D eigenvalue weighted by Crippen LogP contribution is 2.32. The third kappa shape index (κ3) is 2.32. The zero-order valence-corrected chi connectivity index (χ0v) is 11.8. The van der Waals surface area contributed by atoms with E-state index in [-0.39, 0.29) is 42.2 Å². The second kappa shape index (κ2) is 5.16. The van der Waals surface area contributed by atoms with E-state index < -0.39 is 0 Å². The van der Waals surface area contributed by atoms with Crippen LogP contribution >= 0.6 is 11.6 Å². The van der Waals surface area contributed by atoms with Gasteiger partial charge in [0, 0.05) is 34.9 Å². The highest BCUT2D eigenvalue weighted by molar-refractivity contribution is 6.31. The van der Waals surface area contributed by atoms with Gasteiger partial charge in [-0.15, -0.1) is 0 Å². The fraction of sp³-hybridized carbons (Fsp3) is 0.429. The molecule has 3 rings (SSSR count). The van der Waals surface area contributed by atoms with Gasteiger partial charge in [0.1, 0.15) is 0 Å². The van der Waals surface area contributed by atoms with E-state index in [0.29, 0.717) is 10.6 Å². The van der Waals surface area contributed by atoms with Gasteiger partial charge in [-0.1, -0.05) is 23.7 Å². The molecule has 2 fully saturated rings. The molecule has 0 aromatic heterocycles. The number of halogens is 1. The number of ketones is 1. The molecule has 20 heavy (non-hydrogen) atoms. The Balaban J connectivity index is 1.90. The summed E-state index contributed by atoms with van der Waals surface area (Å²) in [6.45, 7) is 2.01. The van der Waals surface area contributed by atoms with Gasteiger partial charge in [0.25, 0.3) is 0 Å².